The van der Waals surface area contributed by atoms with Crippen LogP contribution in [0, 0.1) is 13.8 Å². The number of rotatable bonds is 4. The van der Waals surface area contributed by atoms with E-state index in [0.29, 0.717) is 10.2 Å². The van der Waals surface area contributed by atoms with E-state index in [-0.39, 0.29) is 0 Å². The van der Waals surface area contributed by atoms with E-state index in [1.54, 1.807) is 0 Å². The number of benzene rings is 2. The molecule has 0 bridgehead atoms. The molecule has 0 amide bonds. The fourth-order valence-electron chi connectivity index (χ4n) is 2.10. The van der Waals surface area contributed by atoms with Gasteiger partial charge in [-0.05, 0) is 73.5 Å². The fourth-order valence-corrected chi connectivity index (χ4v) is 2.43. The smallest absolute Gasteiger partial charge is 0.189 e. The molecule has 0 aliphatic heterocycles. The summed E-state index contributed by atoms with van der Waals surface area (Å²) in [5, 5.41) is 7.23. The molecule has 4 nitrogen and oxygen atoms in total. The average Bonchev–Trinajstić information content (AvgIpc) is 2.57. The number of anilines is 1. The molecule has 2 aromatic rings. The highest BCUT2D eigenvalue weighted by atomic mass is 32.1. The Bertz CT molecular complexity index is 701. The summed E-state index contributed by atoms with van der Waals surface area (Å²) in [6.45, 7) is 4.91. The topological polar surface area (TPSA) is 48.1 Å². The third-order valence-corrected chi connectivity index (χ3v) is 4.05. The minimum atomic E-state index is 0.463. The summed E-state index contributed by atoms with van der Waals surface area (Å²) in [6.07, 6.45) is 0.911. The van der Waals surface area contributed by atoms with Crippen molar-refractivity contribution >= 4 is 40.3 Å². The van der Waals surface area contributed by atoms with Crippen molar-refractivity contribution in [2.75, 3.05) is 11.9 Å². The van der Waals surface area contributed by atoms with Gasteiger partial charge in [-0.1, -0.05) is 36.4 Å². The van der Waals surface area contributed by atoms with Gasteiger partial charge >= 0.3 is 0 Å². The second kappa shape index (κ2) is 9.20. The molecule has 0 unspecified atom stereocenters. The Morgan fingerprint density at radius 2 is 1.58 bits per heavy atom. The summed E-state index contributed by atoms with van der Waals surface area (Å²) in [5.74, 6) is 0. The molecule has 0 radical (unpaired) electrons. The van der Waals surface area contributed by atoms with Gasteiger partial charge in [-0.3, -0.25) is 10.9 Å². The van der Waals surface area contributed by atoms with Gasteiger partial charge in [0.05, 0.1) is 0 Å². The van der Waals surface area contributed by atoms with Gasteiger partial charge in [0.1, 0.15) is 0 Å². The Morgan fingerprint density at radius 1 is 0.875 bits per heavy atom. The van der Waals surface area contributed by atoms with Crippen LogP contribution in [0.1, 0.15) is 16.7 Å². The van der Waals surface area contributed by atoms with E-state index in [1.807, 2.05) is 24.3 Å². The molecule has 6 heteroatoms. The first-order valence-corrected chi connectivity index (χ1v) is 8.58. The highest BCUT2D eigenvalue weighted by Gasteiger charge is 2.01. The van der Waals surface area contributed by atoms with Crippen molar-refractivity contribution in [2.45, 2.75) is 20.3 Å². The fraction of sp³-hybridized carbons (Fsp3) is 0.222. The molecule has 0 aromatic heterocycles. The van der Waals surface area contributed by atoms with Crippen molar-refractivity contribution < 1.29 is 0 Å². The van der Waals surface area contributed by atoms with Crippen LogP contribution in [0.15, 0.2) is 48.5 Å². The number of nitrogens with one attached hydrogen (secondary N) is 4. The highest BCUT2D eigenvalue weighted by Crippen LogP contribution is 2.13. The minimum Gasteiger partial charge on any atom is -0.361 e. The SMILES string of the molecule is Cc1ccc(NC(=S)NNC(=S)NCCc2ccccc2)cc1C. The predicted molar refractivity (Wildman–Crippen MR) is 109 cm³/mol. The Labute approximate surface area is 154 Å². The molecule has 2 rings (SSSR count). The first-order chi connectivity index (χ1) is 11.5. The third-order valence-electron chi connectivity index (χ3n) is 3.60. The molecule has 0 aliphatic carbocycles. The maximum absolute atomic E-state index is 5.25. The largest absolute Gasteiger partial charge is 0.361 e. The molecule has 4 N–H and O–H groups in total. The van der Waals surface area contributed by atoms with Crippen molar-refractivity contribution in [1.82, 2.24) is 16.2 Å². The average molecular weight is 359 g/mol. The predicted octanol–water partition coefficient (Wildman–Crippen LogP) is 3.21. The van der Waals surface area contributed by atoms with Crippen LogP contribution in [0.5, 0.6) is 0 Å². The van der Waals surface area contributed by atoms with Gasteiger partial charge in [0.2, 0.25) is 0 Å². The van der Waals surface area contributed by atoms with Crippen LogP contribution in [0.2, 0.25) is 0 Å². The van der Waals surface area contributed by atoms with E-state index in [1.165, 1.54) is 16.7 Å². The Morgan fingerprint density at radius 3 is 2.29 bits per heavy atom. The molecule has 0 atom stereocenters. The summed E-state index contributed by atoms with van der Waals surface area (Å²) in [4.78, 5) is 0. The quantitative estimate of drug-likeness (QED) is 0.497. The third kappa shape index (κ3) is 6.14. The molecule has 0 saturated heterocycles. The molecule has 0 saturated carbocycles. The summed E-state index contributed by atoms with van der Waals surface area (Å²) in [6, 6.07) is 16.4. The van der Waals surface area contributed by atoms with Crippen molar-refractivity contribution in [3.63, 3.8) is 0 Å². The zero-order chi connectivity index (χ0) is 17.4. The molecule has 0 fully saturated rings. The first-order valence-electron chi connectivity index (χ1n) is 7.76. The van der Waals surface area contributed by atoms with E-state index in [2.05, 4.69) is 59.6 Å². The van der Waals surface area contributed by atoms with Crippen LogP contribution in [0.25, 0.3) is 0 Å². The summed E-state index contributed by atoms with van der Waals surface area (Å²) >= 11 is 10.5. The molecule has 0 aliphatic rings. The lowest BCUT2D eigenvalue weighted by atomic mass is 10.1. The van der Waals surface area contributed by atoms with Crippen LogP contribution in [0.4, 0.5) is 5.69 Å². The van der Waals surface area contributed by atoms with Gasteiger partial charge in [0.25, 0.3) is 0 Å². The van der Waals surface area contributed by atoms with Crippen molar-refractivity contribution in [3.05, 3.63) is 65.2 Å². The molecule has 0 heterocycles. The zero-order valence-electron chi connectivity index (χ0n) is 13.8. The molecular weight excluding hydrogens is 336 g/mol. The normalized spacial score (nSPS) is 9.92. The van der Waals surface area contributed by atoms with Gasteiger partial charge in [-0.2, -0.15) is 0 Å². The maximum atomic E-state index is 5.25. The van der Waals surface area contributed by atoms with Crippen molar-refractivity contribution in [2.24, 2.45) is 0 Å². The lowest BCUT2D eigenvalue weighted by Gasteiger charge is -2.15. The van der Waals surface area contributed by atoms with E-state index in [0.717, 1.165) is 18.7 Å². The molecule has 24 heavy (non-hydrogen) atoms. The lowest BCUT2D eigenvalue weighted by Crippen LogP contribution is -2.48. The van der Waals surface area contributed by atoms with Crippen molar-refractivity contribution in [3.8, 4) is 0 Å². The Kier molecular flexibility index (Phi) is 6.96. The van der Waals surface area contributed by atoms with Crippen LogP contribution in [-0.4, -0.2) is 16.8 Å². The molecule has 2 aromatic carbocycles. The zero-order valence-corrected chi connectivity index (χ0v) is 15.5. The number of aryl methyl sites for hydroxylation is 2. The summed E-state index contributed by atoms with van der Waals surface area (Å²) in [5.41, 5.74) is 10.4. The lowest BCUT2D eigenvalue weighted by molar-refractivity contribution is 0.796. The first kappa shape index (κ1) is 18.2. The molecule has 126 valence electrons. The summed E-state index contributed by atoms with van der Waals surface area (Å²) in [7, 11) is 0. The second-order valence-electron chi connectivity index (χ2n) is 5.49. The van der Waals surface area contributed by atoms with Gasteiger partial charge < -0.3 is 10.6 Å². The van der Waals surface area contributed by atoms with Crippen LogP contribution >= 0.6 is 24.4 Å². The molecule has 0 spiro atoms. The van der Waals surface area contributed by atoms with E-state index in [4.69, 9.17) is 24.4 Å². The number of hydrogen-bond acceptors (Lipinski definition) is 2. The van der Waals surface area contributed by atoms with E-state index >= 15 is 0 Å². The number of hydrogen-bond donors (Lipinski definition) is 4. The van der Waals surface area contributed by atoms with E-state index < -0.39 is 0 Å². The van der Waals surface area contributed by atoms with Crippen LogP contribution in [-0.2, 0) is 6.42 Å². The highest BCUT2D eigenvalue weighted by molar-refractivity contribution is 7.80. The standard InChI is InChI=1S/C18H22N4S2/c1-13-8-9-16(12-14(13)2)20-18(24)22-21-17(23)19-11-10-15-6-4-3-5-7-15/h3-9,12H,10-11H2,1-2H3,(H2,19,21,23)(H2,20,22,24). The Hall–Kier alpha value is -2.18. The van der Waals surface area contributed by atoms with Crippen LogP contribution < -0.4 is 21.5 Å². The number of thiocarbonyl (C=S) groups is 2. The van der Waals surface area contributed by atoms with Gasteiger partial charge in [0.15, 0.2) is 10.2 Å². The Balaban J connectivity index is 1.67. The molecular formula is C18H22N4S2. The van der Waals surface area contributed by atoms with Gasteiger partial charge in [-0.25, -0.2) is 0 Å². The second-order valence-corrected chi connectivity index (χ2v) is 6.31. The summed E-state index contributed by atoms with van der Waals surface area (Å²) < 4.78 is 0. The maximum Gasteiger partial charge on any atom is 0.189 e. The van der Waals surface area contributed by atoms with E-state index in [9.17, 15) is 0 Å². The van der Waals surface area contributed by atoms with Crippen molar-refractivity contribution in [1.29, 1.82) is 0 Å². The minimum absolute atomic E-state index is 0.463. The van der Waals surface area contributed by atoms with Gasteiger partial charge in [0, 0.05) is 12.2 Å². The van der Waals surface area contributed by atoms with Crippen LogP contribution in [0.3, 0.4) is 0 Å². The monoisotopic (exact) mass is 358 g/mol. The van der Waals surface area contributed by atoms with Gasteiger partial charge in [-0.15, -0.1) is 0 Å². The number of hydrazine groups is 1.